The average molecular weight is 325 g/mol. The number of carbonyl (C=O) groups excluding carboxylic acids is 1. The first-order valence-corrected chi connectivity index (χ1v) is 9.27. The summed E-state index contributed by atoms with van der Waals surface area (Å²) in [5, 5.41) is 11.6. The van der Waals surface area contributed by atoms with Crippen LogP contribution in [-0.4, -0.2) is 19.2 Å². The van der Waals surface area contributed by atoms with E-state index in [4.69, 9.17) is 26.3 Å². The molecule has 0 saturated heterocycles. The maximum Gasteiger partial charge on any atom is 0.350 e. The second kappa shape index (κ2) is 8.42. The number of carbonyl (C=O) groups is 1. The van der Waals surface area contributed by atoms with Crippen LogP contribution in [0.25, 0.3) is 0 Å². The van der Waals surface area contributed by atoms with Gasteiger partial charge in [0.1, 0.15) is 11.8 Å². The minimum absolute atomic E-state index is 0.154. The van der Waals surface area contributed by atoms with E-state index in [0.29, 0.717) is 5.75 Å². The summed E-state index contributed by atoms with van der Waals surface area (Å²) < 4.78 is 10.4. The molecule has 0 spiro atoms. The van der Waals surface area contributed by atoms with E-state index in [1.807, 2.05) is 18.2 Å². The average Bonchev–Trinajstić information content (AvgIpc) is 2.44. The molecule has 1 atom stereocenters. The summed E-state index contributed by atoms with van der Waals surface area (Å²) in [5.41, 5.74) is 2.47. The largest absolute Gasteiger partial charge is 0.462 e. The number of esters is 1. The van der Waals surface area contributed by atoms with Crippen LogP contribution in [0.3, 0.4) is 0 Å². The Hall–Kier alpha value is -1.87. The summed E-state index contributed by atoms with van der Waals surface area (Å²) in [6, 6.07) is 10.9. The van der Waals surface area contributed by atoms with Crippen molar-refractivity contribution < 1.29 is 14.1 Å². The van der Waals surface area contributed by atoms with Crippen LogP contribution in [0.15, 0.2) is 42.1 Å². The lowest BCUT2D eigenvalue weighted by Crippen LogP contribution is -2.26. The Morgan fingerprint density at radius 3 is 2.71 bits per heavy atom. The lowest BCUT2D eigenvalue weighted by Gasteiger charge is -2.19. The van der Waals surface area contributed by atoms with Crippen LogP contribution in [0.4, 0.5) is 0 Å². The van der Waals surface area contributed by atoms with Gasteiger partial charge in [0.15, 0.2) is 12.0 Å². The van der Waals surface area contributed by atoms with E-state index in [-0.39, 0.29) is 12.2 Å². The minimum atomic E-state index is -2.36. The molecule has 0 amide bonds. The number of para-hydroxylation sites is 1. The van der Waals surface area contributed by atoms with Gasteiger partial charge in [-0.15, -0.1) is 0 Å². The van der Waals surface area contributed by atoms with Crippen molar-refractivity contribution in [3.8, 4) is 11.8 Å². The number of nitriles is 1. The van der Waals surface area contributed by atoms with E-state index in [2.05, 4.69) is 10.6 Å². The Morgan fingerprint density at radius 1 is 1.48 bits per heavy atom. The van der Waals surface area contributed by atoms with E-state index in [1.165, 1.54) is 6.20 Å². The van der Waals surface area contributed by atoms with Crippen molar-refractivity contribution in [1.82, 2.24) is 10.6 Å². The Labute approximate surface area is 128 Å². The highest BCUT2D eigenvalue weighted by atomic mass is 32.4. The van der Waals surface area contributed by atoms with Gasteiger partial charge in [-0.1, -0.05) is 18.2 Å². The van der Waals surface area contributed by atoms with Gasteiger partial charge in [0.2, 0.25) is 0 Å². The Morgan fingerprint density at radius 2 is 2.14 bits per heavy atom. The van der Waals surface area contributed by atoms with Gasteiger partial charge >= 0.3 is 5.97 Å². The van der Waals surface area contributed by atoms with Gasteiger partial charge in [0, 0.05) is 12.9 Å². The number of nitrogens with zero attached hydrogens (tertiary/aromatic N) is 1. The molecule has 0 aliphatic heterocycles. The van der Waals surface area contributed by atoms with Gasteiger partial charge in [0.25, 0.3) is 0 Å². The summed E-state index contributed by atoms with van der Waals surface area (Å²) in [6.45, 7) is 3.60. The molecule has 1 rings (SSSR count). The minimum Gasteiger partial charge on any atom is -0.462 e. The number of hydrazine groups is 1. The highest BCUT2D eigenvalue weighted by Crippen LogP contribution is 2.37. The summed E-state index contributed by atoms with van der Waals surface area (Å²) in [6.07, 6.45) is -1.16. The number of rotatable bonds is 7. The van der Waals surface area contributed by atoms with Crippen LogP contribution in [0.2, 0.25) is 0 Å². The molecule has 0 fully saturated rings. The second-order valence-electron chi connectivity index (χ2n) is 3.90. The molecule has 0 saturated carbocycles. The Kier molecular flexibility index (Phi) is 6.89. The summed E-state index contributed by atoms with van der Waals surface area (Å²) in [4.78, 5) is 11.4. The number of ether oxygens (including phenoxy) is 1. The molecule has 6 nitrogen and oxygen atoms in total. The standard InChI is InChI=1S/C13H16N3O3PS/c1-3-18-13(17)11(9-14)10-15-16-20(2,21)19-12-7-5-4-6-8-12/h4-8,10,15H,3H2,1-2H3,(H,16,21)/b11-10+. The fourth-order valence-corrected chi connectivity index (χ4v) is 2.56. The zero-order valence-corrected chi connectivity index (χ0v) is 13.4. The van der Waals surface area contributed by atoms with E-state index in [1.54, 1.807) is 31.8 Å². The van der Waals surface area contributed by atoms with Crippen LogP contribution in [-0.2, 0) is 21.3 Å². The van der Waals surface area contributed by atoms with Crippen molar-refractivity contribution >= 4 is 24.2 Å². The predicted octanol–water partition coefficient (Wildman–Crippen LogP) is 2.07. The van der Waals surface area contributed by atoms with Gasteiger partial charge in [-0.05, 0) is 30.9 Å². The first kappa shape index (κ1) is 17.2. The van der Waals surface area contributed by atoms with Crippen molar-refractivity contribution in [2.45, 2.75) is 6.92 Å². The third-order valence-electron chi connectivity index (χ3n) is 2.12. The lowest BCUT2D eigenvalue weighted by atomic mass is 10.3. The van der Waals surface area contributed by atoms with Crippen LogP contribution in [0, 0.1) is 11.3 Å². The molecule has 0 bridgehead atoms. The molecule has 1 aromatic carbocycles. The van der Waals surface area contributed by atoms with Crippen molar-refractivity contribution in [2.75, 3.05) is 13.3 Å². The van der Waals surface area contributed by atoms with Crippen molar-refractivity contribution in [1.29, 1.82) is 5.26 Å². The van der Waals surface area contributed by atoms with Gasteiger partial charge < -0.3 is 14.7 Å². The molecule has 0 aromatic heterocycles. The summed E-state index contributed by atoms with van der Waals surface area (Å²) in [7, 11) is 0. The molecular formula is C13H16N3O3PS. The maximum atomic E-state index is 11.4. The quantitative estimate of drug-likeness (QED) is 0.261. The number of hydrogen-bond acceptors (Lipinski definition) is 6. The molecule has 8 heteroatoms. The van der Waals surface area contributed by atoms with Crippen LogP contribution in [0.5, 0.6) is 5.75 Å². The SMILES string of the molecule is CCOC(=O)/C(C#N)=C/NNP(C)(=S)Oc1ccccc1. The van der Waals surface area contributed by atoms with Crippen LogP contribution in [0.1, 0.15) is 6.92 Å². The number of hydrogen-bond donors (Lipinski definition) is 2. The lowest BCUT2D eigenvalue weighted by molar-refractivity contribution is -0.138. The van der Waals surface area contributed by atoms with E-state index in [9.17, 15) is 4.79 Å². The summed E-state index contributed by atoms with van der Waals surface area (Å²) in [5.74, 6) is -0.0461. The molecule has 21 heavy (non-hydrogen) atoms. The molecule has 0 aliphatic carbocycles. The highest BCUT2D eigenvalue weighted by molar-refractivity contribution is 8.11. The molecule has 0 radical (unpaired) electrons. The molecule has 2 N–H and O–H groups in total. The zero-order chi connectivity index (χ0) is 15.7. The number of nitrogens with one attached hydrogen (secondary N) is 2. The molecule has 0 aliphatic rings. The third-order valence-corrected chi connectivity index (χ3v) is 3.71. The van der Waals surface area contributed by atoms with E-state index in [0.717, 1.165) is 0 Å². The predicted molar refractivity (Wildman–Crippen MR) is 83.9 cm³/mol. The normalized spacial score (nSPS) is 13.7. The maximum absolute atomic E-state index is 11.4. The van der Waals surface area contributed by atoms with Gasteiger partial charge in [-0.2, -0.15) is 10.5 Å². The first-order valence-electron chi connectivity index (χ1n) is 6.11. The molecule has 1 aromatic rings. The number of benzene rings is 1. The third kappa shape index (κ3) is 6.41. The van der Waals surface area contributed by atoms with Gasteiger partial charge in [-0.3, -0.25) is 0 Å². The highest BCUT2D eigenvalue weighted by Gasteiger charge is 2.12. The van der Waals surface area contributed by atoms with Gasteiger partial charge in [0.05, 0.1) is 6.61 Å². The van der Waals surface area contributed by atoms with Crippen molar-refractivity contribution in [3.63, 3.8) is 0 Å². The first-order chi connectivity index (χ1) is 9.98. The Balaban J connectivity index is 2.59. The van der Waals surface area contributed by atoms with E-state index >= 15 is 0 Å². The Bertz CT molecular complexity index is 598. The molecule has 0 heterocycles. The molecule has 1 unspecified atom stereocenters. The smallest absolute Gasteiger partial charge is 0.350 e. The van der Waals surface area contributed by atoms with Crippen molar-refractivity contribution in [2.24, 2.45) is 0 Å². The monoisotopic (exact) mass is 325 g/mol. The van der Waals surface area contributed by atoms with E-state index < -0.39 is 12.4 Å². The molecular weight excluding hydrogens is 309 g/mol. The molecule has 112 valence electrons. The van der Waals surface area contributed by atoms with Crippen molar-refractivity contribution in [3.05, 3.63) is 42.1 Å². The van der Waals surface area contributed by atoms with Crippen LogP contribution >= 0.6 is 6.42 Å². The second-order valence-corrected chi connectivity index (χ2v) is 8.08. The fraction of sp³-hybridized carbons (Fsp3) is 0.231. The summed E-state index contributed by atoms with van der Waals surface area (Å²) >= 11 is 5.32. The topological polar surface area (TPSA) is 83.4 Å². The van der Waals surface area contributed by atoms with Gasteiger partial charge in [-0.25, -0.2) is 4.79 Å². The zero-order valence-electron chi connectivity index (χ0n) is 11.7. The van der Waals surface area contributed by atoms with Crippen LogP contribution < -0.4 is 15.1 Å². The fourth-order valence-electron chi connectivity index (χ4n) is 1.27.